The highest BCUT2D eigenvalue weighted by Gasteiger charge is 2.31. The zero-order valence-electron chi connectivity index (χ0n) is 8.95. The van der Waals surface area contributed by atoms with Crippen LogP contribution >= 0.6 is 28.1 Å². The normalized spacial score (nSPS) is 10.9. The summed E-state index contributed by atoms with van der Waals surface area (Å²) in [5.41, 5.74) is 4.61. The molecule has 1 amide bonds. The number of carbonyl (C=O) groups excluding carboxylic acids is 1. The van der Waals surface area contributed by atoms with Gasteiger partial charge in [0.2, 0.25) is 5.91 Å². The minimum absolute atomic E-state index is 0.155. The molecule has 0 aliphatic rings. The molecule has 16 heavy (non-hydrogen) atoms. The number of nitrogens with two attached hydrogens (primary N) is 1. The highest BCUT2D eigenvalue weighted by molar-refractivity contribution is 9.10. The molecule has 0 atom stereocenters. The predicted molar refractivity (Wildman–Crippen MR) is 71.1 cm³/mol. The van der Waals surface area contributed by atoms with Crippen molar-refractivity contribution in [3.63, 3.8) is 0 Å². The number of amides is 1. The van der Waals surface area contributed by atoms with Crippen LogP contribution in [0.1, 0.15) is 13.8 Å². The van der Waals surface area contributed by atoms with E-state index in [2.05, 4.69) is 26.2 Å². The summed E-state index contributed by atoms with van der Waals surface area (Å²) in [4.78, 5) is 16.0. The van der Waals surface area contributed by atoms with Crippen LogP contribution in [-0.2, 0) is 4.79 Å². The Morgan fingerprint density at radius 3 is 2.62 bits per heavy atom. The fourth-order valence-corrected chi connectivity index (χ4v) is 1.16. The minimum atomic E-state index is -0.885. The molecule has 1 aromatic rings. The maximum Gasteiger partial charge on any atom is 0.238 e. The number of pyridine rings is 1. The second kappa shape index (κ2) is 4.88. The van der Waals surface area contributed by atoms with Crippen LogP contribution in [0.25, 0.3) is 0 Å². The molecule has 0 radical (unpaired) electrons. The highest BCUT2D eigenvalue weighted by atomic mass is 79.9. The molecule has 6 heteroatoms. The number of thiocarbonyl (C=S) groups is 1. The molecule has 0 spiro atoms. The van der Waals surface area contributed by atoms with Gasteiger partial charge in [-0.05, 0) is 41.9 Å². The summed E-state index contributed by atoms with van der Waals surface area (Å²) < 4.78 is 0.846. The van der Waals surface area contributed by atoms with Crippen molar-refractivity contribution in [3.05, 3.63) is 22.8 Å². The molecule has 0 saturated carbocycles. The maximum atomic E-state index is 11.8. The van der Waals surface area contributed by atoms with Crippen molar-refractivity contribution in [1.29, 1.82) is 0 Å². The third kappa shape index (κ3) is 2.99. The Kier molecular flexibility index (Phi) is 3.98. The van der Waals surface area contributed by atoms with Crippen molar-refractivity contribution in [2.24, 2.45) is 11.1 Å². The molecule has 1 heterocycles. The largest absolute Gasteiger partial charge is 0.392 e. The molecule has 0 unspecified atom stereocenters. The van der Waals surface area contributed by atoms with Gasteiger partial charge >= 0.3 is 0 Å². The Labute approximate surface area is 108 Å². The monoisotopic (exact) mass is 301 g/mol. The third-order valence-electron chi connectivity index (χ3n) is 2.15. The molecular formula is C10H12BrN3OS. The Balaban J connectivity index is 2.79. The van der Waals surface area contributed by atoms with Crippen LogP contribution in [-0.4, -0.2) is 15.9 Å². The number of aromatic nitrogens is 1. The van der Waals surface area contributed by atoms with Gasteiger partial charge < -0.3 is 11.1 Å². The van der Waals surface area contributed by atoms with E-state index >= 15 is 0 Å². The molecule has 0 aromatic carbocycles. The molecule has 3 N–H and O–H groups in total. The highest BCUT2D eigenvalue weighted by Crippen LogP contribution is 2.18. The van der Waals surface area contributed by atoms with Gasteiger partial charge in [0.25, 0.3) is 0 Å². The van der Waals surface area contributed by atoms with Crippen molar-refractivity contribution in [1.82, 2.24) is 4.98 Å². The minimum Gasteiger partial charge on any atom is -0.392 e. The van der Waals surface area contributed by atoms with Gasteiger partial charge in [-0.2, -0.15) is 0 Å². The lowest BCUT2D eigenvalue weighted by molar-refractivity contribution is -0.121. The zero-order valence-corrected chi connectivity index (χ0v) is 11.4. The molecule has 0 saturated heterocycles. The van der Waals surface area contributed by atoms with Gasteiger partial charge in [0.05, 0.1) is 10.4 Å². The number of hydrogen-bond donors (Lipinski definition) is 2. The van der Waals surface area contributed by atoms with Crippen LogP contribution in [0.3, 0.4) is 0 Å². The lowest BCUT2D eigenvalue weighted by Crippen LogP contribution is -2.41. The number of nitrogens with zero attached hydrogens (tertiary/aromatic N) is 1. The first-order valence-corrected chi connectivity index (χ1v) is 5.77. The molecular weight excluding hydrogens is 290 g/mol. The van der Waals surface area contributed by atoms with E-state index in [4.69, 9.17) is 18.0 Å². The van der Waals surface area contributed by atoms with Crippen molar-refractivity contribution in [2.75, 3.05) is 5.32 Å². The number of rotatable bonds is 3. The smallest absolute Gasteiger partial charge is 0.238 e. The zero-order chi connectivity index (χ0) is 12.3. The Hall–Kier alpha value is -1.01. The predicted octanol–water partition coefficient (Wildman–Crippen LogP) is 2.09. The van der Waals surface area contributed by atoms with Crippen molar-refractivity contribution in [3.8, 4) is 0 Å². The molecule has 1 rings (SSSR count). The second-order valence-corrected chi connectivity index (χ2v) is 5.16. The van der Waals surface area contributed by atoms with E-state index in [1.807, 2.05) is 0 Å². The van der Waals surface area contributed by atoms with Gasteiger partial charge in [-0.3, -0.25) is 4.79 Å². The first-order valence-electron chi connectivity index (χ1n) is 4.57. The van der Waals surface area contributed by atoms with Crippen molar-refractivity contribution >= 4 is 44.9 Å². The average Bonchev–Trinajstić information content (AvgIpc) is 2.21. The summed E-state index contributed by atoms with van der Waals surface area (Å²) in [7, 11) is 0. The van der Waals surface area contributed by atoms with E-state index in [1.54, 1.807) is 32.2 Å². The third-order valence-corrected chi connectivity index (χ3v) is 3.13. The second-order valence-electron chi connectivity index (χ2n) is 3.81. The Morgan fingerprint density at radius 2 is 2.19 bits per heavy atom. The molecule has 0 aliphatic heterocycles. The van der Waals surface area contributed by atoms with E-state index in [9.17, 15) is 4.79 Å². The van der Waals surface area contributed by atoms with Crippen LogP contribution in [0, 0.1) is 5.41 Å². The molecule has 0 aliphatic carbocycles. The number of hydrogen-bond acceptors (Lipinski definition) is 3. The number of halogens is 1. The van der Waals surface area contributed by atoms with E-state index < -0.39 is 5.41 Å². The van der Waals surface area contributed by atoms with Crippen molar-refractivity contribution in [2.45, 2.75) is 13.8 Å². The summed E-state index contributed by atoms with van der Waals surface area (Å²) >= 11 is 8.09. The van der Waals surface area contributed by atoms with Gasteiger partial charge in [-0.25, -0.2) is 4.98 Å². The first kappa shape index (κ1) is 13.1. The van der Waals surface area contributed by atoms with Gasteiger partial charge in [0.15, 0.2) is 0 Å². The van der Waals surface area contributed by atoms with E-state index in [-0.39, 0.29) is 10.9 Å². The van der Waals surface area contributed by atoms with Gasteiger partial charge in [0, 0.05) is 10.7 Å². The SMILES string of the molecule is CC(C)(C(=O)Nc1ccc(Br)cn1)C(N)=S. The summed E-state index contributed by atoms with van der Waals surface area (Å²) in [6, 6.07) is 3.48. The standard InChI is InChI=1S/C10H12BrN3OS/c1-10(2,8(12)16)9(15)14-7-4-3-6(11)5-13-7/h3-5H,1-2H3,(H2,12,16)(H,13,14,15). The topological polar surface area (TPSA) is 68.0 Å². The summed E-state index contributed by atoms with van der Waals surface area (Å²) in [6.07, 6.45) is 1.60. The fraction of sp³-hybridized carbons (Fsp3) is 0.300. The van der Waals surface area contributed by atoms with Crippen LogP contribution < -0.4 is 11.1 Å². The Morgan fingerprint density at radius 1 is 1.56 bits per heavy atom. The summed E-state index contributed by atoms with van der Waals surface area (Å²) in [5.74, 6) is 0.201. The quantitative estimate of drug-likeness (QED) is 0.839. The summed E-state index contributed by atoms with van der Waals surface area (Å²) in [6.45, 7) is 3.34. The maximum absolute atomic E-state index is 11.8. The van der Waals surface area contributed by atoms with Gasteiger partial charge in [-0.15, -0.1) is 0 Å². The summed E-state index contributed by atoms with van der Waals surface area (Å²) in [5, 5.41) is 2.65. The van der Waals surface area contributed by atoms with Crippen LogP contribution in [0.15, 0.2) is 22.8 Å². The van der Waals surface area contributed by atoms with Crippen LogP contribution in [0.4, 0.5) is 5.82 Å². The number of carbonyl (C=O) groups is 1. The van der Waals surface area contributed by atoms with E-state index in [0.717, 1.165) is 4.47 Å². The lowest BCUT2D eigenvalue weighted by Gasteiger charge is -2.21. The first-order chi connectivity index (χ1) is 7.34. The number of nitrogens with one attached hydrogen (secondary N) is 1. The van der Waals surface area contributed by atoms with Gasteiger partial charge in [0.1, 0.15) is 5.82 Å². The average molecular weight is 302 g/mol. The molecule has 1 aromatic heterocycles. The van der Waals surface area contributed by atoms with Gasteiger partial charge in [-0.1, -0.05) is 12.2 Å². The van der Waals surface area contributed by atoms with Crippen LogP contribution in [0.5, 0.6) is 0 Å². The fourth-order valence-electron chi connectivity index (χ4n) is 0.834. The number of anilines is 1. The lowest BCUT2D eigenvalue weighted by atomic mass is 9.92. The van der Waals surface area contributed by atoms with Crippen molar-refractivity contribution < 1.29 is 4.79 Å². The van der Waals surface area contributed by atoms with Crippen LogP contribution in [0.2, 0.25) is 0 Å². The molecule has 86 valence electrons. The van der Waals surface area contributed by atoms with E-state index in [0.29, 0.717) is 5.82 Å². The molecule has 0 fully saturated rings. The molecule has 4 nitrogen and oxygen atoms in total. The van der Waals surface area contributed by atoms with E-state index in [1.165, 1.54) is 0 Å². The Bertz CT molecular complexity index is 417. The molecule has 0 bridgehead atoms.